The van der Waals surface area contributed by atoms with Gasteiger partial charge in [0.25, 0.3) is 0 Å². The van der Waals surface area contributed by atoms with Crippen molar-refractivity contribution in [2.24, 2.45) is 0 Å². The van der Waals surface area contributed by atoms with Crippen molar-refractivity contribution in [3.63, 3.8) is 0 Å². The maximum atomic E-state index is 12.7. The summed E-state index contributed by atoms with van der Waals surface area (Å²) in [7, 11) is -7.70. The van der Waals surface area contributed by atoms with E-state index in [1.54, 1.807) is 26.0 Å². The van der Waals surface area contributed by atoms with Crippen LogP contribution in [0.3, 0.4) is 0 Å². The molecule has 0 spiro atoms. The van der Waals surface area contributed by atoms with Crippen LogP contribution in [0.2, 0.25) is 0 Å². The van der Waals surface area contributed by atoms with E-state index in [0.29, 0.717) is 5.56 Å². The van der Waals surface area contributed by atoms with Crippen molar-refractivity contribution in [1.82, 2.24) is 0 Å². The number of hydrogen-bond donors (Lipinski definition) is 0. The lowest BCUT2D eigenvalue weighted by molar-refractivity contribution is 0.483. The first-order valence-electron chi connectivity index (χ1n) is 7.25. The van der Waals surface area contributed by atoms with Gasteiger partial charge in [0, 0.05) is 6.26 Å². The first-order valence-corrected chi connectivity index (χ1v) is 10.6. The zero-order valence-corrected chi connectivity index (χ0v) is 15.9. The number of sulfone groups is 1. The first-order chi connectivity index (χ1) is 10.9. The summed E-state index contributed by atoms with van der Waals surface area (Å²) in [5.41, 5.74) is 2.31. The third-order valence-electron chi connectivity index (χ3n) is 3.88. The Morgan fingerprint density at radius 2 is 1.42 bits per heavy atom. The lowest BCUT2D eigenvalue weighted by atomic mass is 10.1. The fourth-order valence-electron chi connectivity index (χ4n) is 2.42. The third-order valence-corrected chi connectivity index (χ3v) is 6.46. The maximum absolute atomic E-state index is 12.7. The standard InChI is InChI=1S/C17H20O5S2/c1-11-9-16(23(5,18)19)14(4)17(10-11)24(20,21)22-15-8-6-7-12(2)13(15)3/h6-10H,1-5H3. The summed E-state index contributed by atoms with van der Waals surface area (Å²) in [6.07, 6.45) is 1.05. The number of rotatable bonds is 4. The Morgan fingerprint density at radius 1 is 0.833 bits per heavy atom. The van der Waals surface area contributed by atoms with E-state index in [4.69, 9.17) is 4.18 Å². The quantitative estimate of drug-likeness (QED) is 0.775. The molecule has 2 rings (SSSR count). The van der Waals surface area contributed by atoms with E-state index >= 15 is 0 Å². The molecule has 0 amide bonds. The van der Waals surface area contributed by atoms with Gasteiger partial charge in [-0.1, -0.05) is 12.1 Å². The van der Waals surface area contributed by atoms with Gasteiger partial charge in [-0.25, -0.2) is 8.42 Å². The van der Waals surface area contributed by atoms with Crippen molar-refractivity contribution in [3.8, 4) is 5.75 Å². The largest absolute Gasteiger partial charge is 0.379 e. The molecule has 0 heterocycles. The van der Waals surface area contributed by atoms with E-state index in [1.165, 1.54) is 19.1 Å². The van der Waals surface area contributed by atoms with Crippen LogP contribution >= 0.6 is 0 Å². The van der Waals surface area contributed by atoms with Crippen LogP contribution in [0.15, 0.2) is 40.1 Å². The highest BCUT2D eigenvalue weighted by Crippen LogP contribution is 2.29. The monoisotopic (exact) mass is 368 g/mol. The number of benzene rings is 2. The minimum atomic E-state index is -4.15. The summed E-state index contributed by atoms with van der Waals surface area (Å²) in [6, 6.07) is 8.02. The molecule has 5 nitrogen and oxygen atoms in total. The average molecular weight is 368 g/mol. The highest BCUT2D eigenvalue weighted by molar-refractivity contribution is 7.91. The molecular weight excluding hydrogens is 348 g/mol. The predicted molar refractivity (Wildman–Crippen MR) is 92.8 cm³/mol. The van der Waals surface area contributed by atoms with Crippen molar-refractivity contribution in [2.45, 2.75) is 37.5 Å². The van der Waals surface area contributed by atoms with Crippen LogP contribution in [-0.2, 0) is 20.0 Å². The summed E-state index contributed by atoms with van der Waals surface area (Å²) in [5, 5.41) is 0. The number of hydrogen-bond acceptors (Lipinski definition) is 5. The topological polar surface area (TPSA) is 77.5 Å². The molecule has 0 aliphatic rings. The molecule has 0 saturated carbocycles. The lowest BCUT2D eigenvalue weighted by Crippen LogP contribution is -2.14. The predicted octanol–water partition coefficient (Wildman–Crippen LogP) is 3.09. The Balaban J connectivity index is 2.62. The van der Waals surface area contributed by atoms with E-state index in [-0.39, 0.29) is 21.1 Å². The van der Waals surface area contributed by atoms with Gasteiger partial charge in [0.2, 0.25) is 0 Å². The summed E-state index contributed by atoms with van der Waals surface area (Å²) >= 11 is 0. The van der Waals surface area contributed by atoms with Crippen LogP contribution in [-0.4, -0.2) is 23.1 Å². The lowest BCUT2D eigenvalue weighted by Gasteiger charge is -2.15. The van der Waals surface area contributed by atoms with Crippen LogP contribution in [0.4, 0.5) is 0 Å². The van der Waals surface area contributed by atoms with E-state index in [1.807, 2.05) is 13.0 Å². The summed E-state index contributed by atoms with van der Waals surface area (Å²) in [6.45, 7) is 6.74. The van der Waals surface area contributed by atoms with Crippen LogP contribution in [0.5, 0.6) is 5.75 Å². The van der Waals surface area contributed by atoms with Crippen LogP contribution in [0, 0.1) is 27.7 Å². The van der Waals surface area contributed by atoms with Crippen molar-refractivity contribution in [1.29, 1.82) is 0 Å². The van der Waals surface area contributed by atoms with E-state index in [2.05, 4.69) is 0 Å². The third kappa shape index (κ3) is 3.62. The summed E-state index contributed by atoms with van der Waals surface area (Å²) in [5.74, 6) is 0.233. The van der Waals surface area contributed by atoms with Gasteiger partial charge in [0.1, 0.15) is 10.6 Å². The molecule has 0 bridgehead atoms. The van der Waals surface area contributed by atoms with Crippen molar-refractivity contribution < 1.29 is 21.0 Å². The molecule has 7 heteroatoms. The number of aryl methyl sites for hydroxylation is 2. The van der Waals surface area contributed by atoms with Gasteiger partial charge in [0.15, 0.2) is 9.84 Å². The molecule has 2 aromatic rings. The minimum Gasteiger partial charge on any atom is -0.379 e. The van der Waals surface area contributed by atoms with Gasteiger partial charge >= 0.3 is 10.1 Å². The average Bonchev–Trinajstić information content (AvgIpc) is 2.44. The Hall–Kier alpha value is -1.86. The molecule has 0 radical (unpaired) electrons. The second kappa shape index (κ2) is 6.22. The van der Waals surface area contributed by atoms with E-state index in [0.717, 1.165) is 17.4 Å². The van der Waals surface area contributed by atoms with E-state index in [9.17, 15) is 16.8 Å². The molecule has 0 saturated heterocycles. The van der Waals surface area contributed by atoms with Crippen molar-refractivity contribution >= 4 is 20.0 Å². The van der Waals surface area contributed by atoms with Crippen LogP contribution < -0.4 is 4.18 Å². The molecule has 2 aromatic carbocycles. The molecule has 130 valence electrons. The van der Waals surface area contributed by atoms with Gasteiger partial charge in [0.05, 0.1) is 4.90 Å². The molecule has 24 heavy (non-hydrogen) atoms. The summed E-state index contributed by atoms with van der Waals surface area (Å²) < 4.78 is 54.5. The minimum absolute atomic E-state index is 0.00867. The molecule has 0 unspecified atom stereocenters. The molecule has 0 aromatic heterocycles. The van der Waals surface area contributed by atoms with Crippen LogP contribution in [0.1, 0.15) is 22.3 Å². The Morgan fingerprint density at radius 3 is 2.00 bits per heavy atom. The van der Waals surface area contributed by atoms with Gasteiger partial charge < -0.3 is 4.18 Å². The van der Waals surface area contributed by atoms with Gasteiger partial charge in [-0.05, 0) is 68.1 Å². The SMILES string of the molecule is Cc1cc(S(C)(=O)=O)c(C)c(S(=O)(=O)Oc2cccc(C)c2C)c1. The fourth-order valence-corrected chi connectivity index (χ4v) is 4.87. The molecule has 0 fully saturated rings. The zero-order valence-electron chi connectivity index (χ0n) is 14.2. The van der Waals surface area contributed by atoms with Gasteiger partial charge in [-0.2, -0.15) is 8.42 Å². The highest BCUT2D eigenvalue weighted by Gasteiger charge is 2.25. The first kappa shape index (κ1) is 18.5. The molecule has 0 N–H and O–H groups in total. The second-order valence-electron chi connectivity index (χ2n) is 5.89. The van der Waals surface area contributed by atoms with E-state index < -0.39 is 20.0 Å². The molecule has 0 atom stereocenters. The fraction of sp³-hybridized carbons (Fsp3) is 0.294. The Labute approximate surface area is 143 Å². The van der Waals surface area contributed by atoms with Crippen molar-refractivity contribution in [2.75, 3.05) is 6.26 Å². The van der Waals surface area contributed by atoms with Gasteiger partial charge in [-0.15, -0.1) is 0 Å². The zero-order chi connectivity index (χ0) is 18.3. The highest BCUT2D eigenvalue weighted by atomic mass is 32.2. The second-order valence-corrected chi connectivity index (χ2v) is 9.39. The maximum Gasteiger partial charge on any atom is 0.339 e. The Bertz CT molecular complexity index is 1000. The van der Waals surface area contributed by atoms with Crippen LogP contribution in [0.25, 0.3) is 0 Å². The molecule has 0 aliphatic heterocycles. The summed E-state index contributed by atoms with van der Waals surface area (Å²) in [4.78, 5) is -0.144. The molecule has 0 aliphatic carbocycles. The molecular formula is C17H20O5S2. The van der Waals surface area contributed by atoms with Gasteiger partial charge in [-0.3, -0.25) is 0 Å². The van der Waals surface area contributed by atoms with Crippen molar-refractivity contribution in [3.05, 3.63) is 52.6 Å². The smallest absolute Gasteiger partial charge is 0.339 e. The Kier molecular flexibility index (Phi) is 4.79. The normalized spacial score (nSPS) is 12.2.